The van der Waals surface area contributed by atoms with Gasteiger partial charge in [-0.1, -0.05) is 6.92 Å². The monoisotopic (exact) mass is 192 g/mol. The van der Waals surface area contributed by atoms with Crippen LogP contribution >= 0.6 is 12.6 Å². The molecule has 0 heterocycles. The second-order valence-corrected chi connectivity index (χ2v) is 3.97. The maximum absolute atomic E-state index is 10.00. The van der Waals surface area contributed by atoms with E-state index in [1.807, 2.05) is 0 Å². The zero-order valence-corrected chi connectivity index (χ0v) is 9.78. The van der Waals surface area contributed by atoms with Crippen LogP contribution in [0.15, 0.2) is 0 Å². The molecule has 0 aliphatic heterocycles. The van der Waals surface area contributed by atoms with Gasteiger partial charge in [-0.05, 0) is 6.42 Å². The molecule has 0 saturated carbocycles. The average molecular weight is 192 g/mol. The molecule has 56 valence electrons. The van der Waals surface area contributed by atoms with Gasteiger partial charge in [0.15, 0.2) is 0 Å². The Morgan fingerprint density at radius 1 is 1.60 bits per heavy atom. The molecule has 0 aliphatic carbocycles. The molecule has 0 saturated heterocycles. The van der Waals surface area contributed by atoms with E-state index in [1.165, 1.54) is 0 Å². The van der Waals surface area contributed by atoms with Crippen molar-refractivity contribution in [3.63, 3.8) is 0 Å². The van der Waals surface area contributed by atoms with E-state index in [0.717, 1.165) is 0 Å². The SMILES string of the molecule is CCC(S)CS(=O)(=O)[O-].[Na+]. The molecule has 0 aromatic carbocycles. The molecule has 0 aromatic rings. The van der Waals surface area contributed by atoms with Crippen LogP contribution in [0.25, 0.3) is 0 Å². The van der Waals surface area contributed by atoms with Crippen molar-refractivity contribution < 1.29 is 42.5 Å². The summed E-state index contributed by atoms with van der Waals surface area (Å²) in [4.78, 5) is 0. The van der Waals surface area contributed by atoms with Gasteiger partial charge in [0, 0.05) is 11.0 Å². The number of hydrogen-bond donors (Lipinski definition) is 1. The van der Waals surface area contributed by atoms with Crippen molar-refractivity contribution in [1.29, 1.82) is 0 Å². The van der Waals surface area contributed by atoms with Crippen LogP contribution in [0, 0.1) is 0 Å². The molecule has 0 spiro atoms. The first kappa shape index (κ1) is 13.8. The molecular weight excluding hydrogens is 183 g/mol. The summed E-state index contributed by atoms with van der Waals surface area (Å²) in [5.41, 5.74) is 0. The maximum Gasteiger partial charge on any atom is 1.00 e. The third-order valence-electron chi connectivity index (χ3n) is 0.868. The number of hydrogen-bond acceptors (Lipinski definition) is 4. The van der Waals surface area contributed by atoms with E-state index in [-0.39, 0.29) is 40.6 Å². The Hall–Kier alpha value is 1.26. The van der Waals surface area contributed by atoms with Gasteiger partial charge in [-0.15, -0.1) is 0 Å². The van der Waals surface area contributed by atoms with Gasteiger partial charge in [0.05, 0.1) is 10.1 Å². The van der Waals surface area contributed by atoms with Crippen LogP contribution in [0.3, 0.4) is 0 Å². The van der Waals surface area contributed by atoms with Crippen LogP contribution < -0.4 is 29.6 Å². The largest absolute Gasteiger partial charge is 1.00 e. The van der Waals surface area contributed by atoms with Crippen molar-refractivity contribution in [2.24, 2.45) is 0 Å². The summed E-state index contributed by atoms with van der Waals surface area (Å²) in [6.07, 6.45) is 0.602. The first-order valence-corrected chi connectivity index (χ1v) is 4.66. The molecule has 6 heteroatoms. The minimum absolute atomic E-state index is 0. The smallest absolute Gasteiger partial charge is 0.748 e. The summed E-state index contributed by atoms with van der Waals surface area (Å²) in [6.45, 7) is 1.78. The Bertz CT molecular complexity index is 165. The Labute approximate surface area is 89.0 Å². The summed E-state index contributed by atoms with van der Waals surface area (Å²) in [6, 6.07) is 0. The van der Waals surface area contributed by atoms with E-state index in [9.17, 15) is 13.0 Å². The summed E-state index contributed by atoms with van der Waals surface area (Å²) < 4.78 is 30.0. The predicted octanol–water partition coefficient (Wildman–Crippen LogP) is -2.76. The van der Waals surface area contributed by atoms with E-state index in [0.29, 0.717) is 6.42 Å². The standard InChI is InChI=1S/C4H10O3S2.Na/c1-2-4(8)3-9(5,6)7;/h4,8H,2-3H2,1H3,(H,5,6,7);/q;+1/p-1. The van der Waals surface area contributed by atoms with Gasteiger partial charge >= 0.3 is 29.6 Å². The Morgan fingerprint density at radius 2 is 2.00 bits per heavy atom. The molecule has 0 fully saturated rings. The normalized spacial score (nSPS) is 13.9. The molecular formula is C4H9NaO3S2. The fourth-order valence-electron chi connectivity index (χ4n) is 0.353. The van der Waals surface area contributed by atoms with Crippen LogP contribution in [-0.2, 0) is 10.1 Å². The van der Waals surface area contributed by atoms with E-state index in [2.05, 4.69) is 12.6 Å². The molecule has 0 amide bonds. The minimum Gasteiger partial charge on any atom is -0.748 e. The molecule has 10 heavy (non-hydrogen) atoms. The van der Waals surface area contributed by atoms with Gasteiger partial charge in [0.2, 0.25) is 0 Å². The summed E-state index contributed by atoms with van der Waals surface area (Å²) in [5, 5.41) is -0.313. The van der Waals surface area contributed by atoms with E-state index >= 15 is 0 Å². The van der Waals surface area contributed by atoms with E-state index in [4.69, 9.17) is 0 Å². The number of thiol groups is 1. The predicted molar refractivity (Wildman–Crippen MR) is 37.6 cm³/mol. The van der Waals surface area contributed by atoms with E-state index in [1.54, 1.807) is 6.92 Å². The third kappa shape index (κ3) is 9.26. The van der Waals surface area contributed by atoms with Crippen molar-refractivity contribution in [3.8, 4) is 0 Å². The van der Waals surface area contributed by atoms with Crippen LogP contribution in [0.1, 0.15) is 13.3 Å². The molecule has 0 rings (SSSR count). The zero-order valence-electron chi connectivity index (χ0n) is 6.07. The van der Waals surface area contributed by atoms with Gasteiger partial charge in [0.1, 0.15) is 0 Å². The molecule has 0 N–H and O–H groups in total. The van der Waals surface area contributed by atoms with Crippen LogP contribution in [-0.4, -0.2) is 24.0 Å². The summed E-state index contributed by atoms with van der Waals surface area (Å²) in [7, 11) is -4.06. The van der Waals surface area contributed by atoms with Gasteiger partial charge in [0.25, 0.3) is 0 Å². The molecule has 0 bridgehead atoms. The Kier molecular flexibility index (Phi) is 8.09. The maximum atomic E-state index is 10.00. The average Bonchev–Trinajstić information content (AvgIpc) is 1.62. The quantitative estimate of drug-likeness (QED) is 0.299. The number of rotatable bonds is 3. The molecule has 0 radical (unpaired) electrons. The van der Waals surface area contributed by atoms with Crippen molar-refractivity contribution in [1.82, 2.24) is 0 Å². The topological polar surface area (TPSA) is 57.2 Å². The van der Waals surface area contributed by atoms with Crippen molar-refractivity contribution in [2.75, 3.05) is 5.75 Å². The summed E-state index contributed by atoms with van der Waals surface area (Å²) >= 11 is 3.84. The van der Waals surface area contributed by atoms with Gasteiger partial charge in [-0.2, -0.15) is 12.6 Å². The molecule has 0 aromatic heterocycles. The van der Waals surface area contributed by atoms with Gasteiger partial charge in [-0.3, -0.25) is 0 Å². The summed E-state index contributed by atoms with van der Waals surface area (Å²) in [5.74, 6) is -0.368. The van der Waals surface area contributed by atoms with E-state index < -0.39 is 10.1 Å². The second-order valence-electron chi connectivity index (χ2n) is 1.79. The molecule has 1 atom stereocenters. The van der Waals surface area contributed by atoms with Crippen LogP contribution in [0.4, 0.5) is 0 Å². The van der Waals surface area contributed by atoms with Crippen molar-refractivity contribution in [2.45, 2.75) is 18.6 Å². The Morgan fingerprint density at radius 3 is 2.10 bits per heavy atom. The third-order valence-corrected chi connectivity index (χ3v) is 2.47. The second kappa shape index (κ2) is 5.85. The van der Waals surface area contributed by atoms with Gasteiger partial charge in [-0.25, -0.2) is 8.42 Å². The van der Waals surface area contributed by atoms with Crippen LogP contribution in [0.2, 0.25) is 0 Å². The first-order chi connectivity index (χ1) is 3.95. The zero-order chi connectivity index (χ0) is 7.49. The fraction of sp³-hybridized carbons (Fsp3) is 1.00. The van der Waals surface area contributed by atoms with Gasteiger partial charge < -0.3 is 4.55 Å². The van der Waals surface area contributed by atoms with Crippen LogP contribution in [0.5, 0.6) is 0 Å². The fourth-order valence-corrected chi connectivity index (χ4v) is 1.61. The molecule has 0 aliphatic rings. The first-order valence-electron chi connectivity index (χ1n) is 2.57. The molecule has 3 nitrogen and oxygen atoms in total. The van der Waals surface area contributed by atoms with Crippen molar-refractivity contribution in [3.05, 3.63) is 0 Å². The molecule has 1 unspecified atom stereocenters. The minimum atomic E-state index is -4.06. The van der Waals surface area contributed by atoms with Crippen molar-refractivity contribution >= 4 is 22.7 Å². The Balaban J connectivity index is 0.